The Morgan fingerprint density at radius 1 is 0.392 bits per heavy atom. The van der Waals surface area contributed by atoms with Gasteiger partial charge in [-0.2, -0.15) is 0 Å². The molecule has 1 N–H and O–H groups in total. The number of benzene rings is 2. The van der Waals surface area contributed by atoms with Gasteiger partial charge in [0.15, 0.2) is 9.76 Å². The van der Waals surface area contributed by atoms with Crippen molar-refractivity contribution in [3.63, 3.8) is 0 Å². The predicted molar refractivity (Wildman–Crippen MR) is 226 cm³/mol. The van der Waals surface area contributed by atoms with Crippen LogP contribution in [0.25, 0.3) is 0 Å². The van der Waals surface area contributed by atoms with Gasteiger partial charge in [0, 0.05) is 5.04 Å². The molecule has 0 aliphatic heterocycles. The van der Waals surface area contributed by atoms with E-state index in [-0.39, 0.29) is 5.04 Å². The lowest BCUT2D eigenvalue weighted by Gasteiger charge is -2.32. The maximum absolute atomic E-state index is 10.8. The molecule has 0 aliphatic carbocycles. The molecule has 292 valence electrons. The summed E-state index contributed by atoms with van der Waals surface area (Å²) in [6, 6.07) is 17.1. The summed E-state index contributed by atoms with van der Waals surface area (Å²) in [6.07, 6.45) is 39.3. The van der Waals surface area contributed by atoms with Crippen molar-refractivity contribution in [2.24, 2.45) is 0 Å². The first-order valence-corrected chi connectivity index (χ1v) is 23.6. The minimum absolute atomic E-state index is 0.291. The summed E-state index contributed by atoms with van der Waals surface area (Å²) in [7, 11) is -1.36. The highest BCUT2D eigenvalue weighted by Gasteiger charge is 2.32. The maximum Gasteiger partial charge on any atom is 0.171 e. The van der Waals surface area contributed by atoms with Crippen LogP contribution in [0.5, 0.6) is 11.5 Å². The molecule has 0 aromatic heterocycles. The van der Waals surface area contributed by atoms with Gasteiger partial charge < -0.3 is 14.3 Å². The van der Waals surface area contributed by atoms with Crippen LogP contribution in [0.4, 0.5) is 0 Å². The largest absolute Gasteiger partial charge is 0.494 e. The van der Waals surface area contributed by atoms with Gasteiger partial charge in [-0.05, 0) is 54.7 Å². The Hall–Kier alpha value is -1.78. The minimum Gasteiger partial charge on any atom is -0.494 e. The molecule has 0 heterocycles. The normalized spacial score (nSPS) is 11.9. The molecule has 0 saturated heterocycles. The first-order chi connectivity index (χ1) is 25.2. The van der Waals surface area contributed by atoms with Gasteiger partial charge in [0.2, 0.25) is 0 Å². The molecule has 0 aliphatic rings. The quantitative estimate of drug-likeness (QED) is 0.0562. The summed E-state index contributed by atoms with van der Waals surface area (Å²) in [5.41, 5.74) is 2.39. The van der Waals surface area contributed by atoms with Crippen LogP contribution in [0.15, 0.2) is 48.5 Å². The molecule has 51 heavy (non-hydrogen) atoms. The Bertz CT molecular complexity index is 937. The van der Waals surface area contributed by atoms with Gasteiger partial charge in [-0.15, -0.1) is 0 Å². The minimum atomic E-state index is -1.36. The molecule has 0 radical (unpaired) electrons. The van der Waals surface area contributed by atoms with Crippen molar-refractivity contribution in [3.8, 4) is 11.5 Å². The van der Waals surface area contributed by atoms with Crippen LogP contribution in [0.2, 0.25) is 0 Å². The topological polar surface area (TPSA) is 38.7 Å². The van der Waals surface area contributed by atoms with Crippen LogP contribution in [0.3, 0.4) is 0 Å². The van der Waals surface area contributed by atoms with E-state index in [1.807, 2.05) is 0 Å². The predicted octanol–water partition coefficient (Wildman–Crippen LogP) is 14.1. The van der Waals surface area contributed by atoms with Crippen LogP contribution in [0, 0.1) is 0 Å². The van der Waals surface area contributed by atoms with E-state index in [0.717, 1.165) is 44.0 Å². The van der Waals surface area contributed by atoms with Gasteiger partial charge >= 0.3 is 0 Å². The van der Waals surface area contributed by atoms with Crippen molar-refractivity contribution in [1.82, 2.24) is 0 Å². The Balaban J connectivity index is 1.57. The van der Waals surface area contributed by atoms with Gasteiger partial charge in [0.05, 0.1) is 13.2 Å². The molecule has 3 nitrogen and oxygen atoms in total. The third-order valence-electron chi connectivity index (χ3n) is 11.2. The smallest absolute Gasteiger partial charge is 0.171 e. The molecule has 0 unspecified atom stereocenters. The second-order valence-electron chi connectivity index (χ2n) is 15.5. The van der Waals surface area contributed by atoms with Crippen molar-refractivity contribution in [3.05, 3.63) is 59.7 Å². The molecule has 2 aromatic carbocycles. The Morgan fingerprint density at radius 3 is 0.882 bits per heavy atom. The number of hydrogen-bond acceptors (Lipinski definition) is 3. The summed E-state index contributed by atoms with van der Waals surface area (Å²) < 4.78 is 12.2. The summed E-state index contributed by atoms with van der Waals surface area (Å²) in [5, 5.41) is -0.291. The third-order valence-corrected chi connectivity index (χ3v) is 13.1. The highest BCUT2D eigenvalue weighted by atomic mass is 28.2. The van der Waals surface area contributed by atoms with E-state index in [0.29, 0.717) is 0 Å². The van der Waals surface area contributed by atoms with Crippen molar-refractivity contribution in [1.29, 1.82) is 0 Å². The summed E-state index contributed by atoms with van der Waals surface area (Å²) in [5.74, 6) is 1.87. The van der Waals surface area contributed by atoms with Gasteiger partial charge in [-0.3, -0.25) is 0 Å². The Morgan fingerprint density at radius 2 is 0.647 bits per heavy atom. The SMILES string of the molecule is CCCCCCCCCCCCCCCCOc1ccc(C(CC)([SiH2]O)c2ccc(OCCCCCCCCCCCCCCCC)cc2)cc1. The van der Waals surface area contributed by atoms with Crippen molar-refractivity contribution in [2.75, 3.05) is 13.2 Å². The van der Waals surface area contributed by atoms with E-state index in [9.17, 15) is 4.80 Å². The molecule has 2 rings (SSSR count). The van der Waals surface area contributed by atoms with E-state index in [4.69, 9.17) is 9.47 Å². The molecule has 0 saturated carbocycles. The van der Waals surface area contributed by atoms with E-state index in [1.54, 1.807) is 0 Å². The van der Waals surface area contributed by atoms with E-state index >= 15 is 0 Å². The van der Waals surface area contributed by atoms with Crippen molar-refractivity contribution < 1.29 is 14.3 Å². The Kier molecular flexibility index (Phi) is 28.2. The first-order valence-electron chi connectivity index (χ1n) is 22.3. The molecule has 0 bridgehead atoms. The molecule has 2 aromatic rings. The fraction of sp³-hybridized carbons (Fsp3) is 0.745. The summed E-state index contributed by atoms with van der Waals surface area (Å²) in [6.45, 7) is 8.35. The lowest BCUT2D eigenvalue weighted by Crippen LogP contribution is -2.34. The van der Waals surface area contributed by atoms with Gasteiger partial charge in [-0.1, -0.05) is 212 Å². The van der Waals surface area contributed by atoms with Crippen LogP contribution in [-0.4, -0.2) is 27.8 Å². The zero-order valence-electron chi connectivity index (χ0n) is 34.0. The van der Waals surface area contributed by atoms with Crippen molar-refractivity contribution >= 4 is 9.76 Å². The van der Waals surface area contributed by atoms with E-state index in [2.05, 4.69) is 69.3 Å². The second kappa shape index (κ2) is 31.7. The zero-order chi connectivity index (χ0) is 36.5. The lowest BCUT2D eigenvalue weighted by molar-refractivity contribution is 0.304. The number of hydrogen-bond donors (Lipinski definition) is 1. The zero-order valence-corrected chi connectivity index (χ0v) is 35.4. The second-order valence-corrected chi connectivity index (χ2v) is 17.1. The number of ether oxygens (including phenoxy) is 2. The van der Waals surface area contributed by atoms with Crippen molar-refractivity contribution in [2.45, 2.75) is 212 Å². The van der Waals surface area contributed by atoms with E-state index < -0.39 is 9.76 Å². The standard InChI is InChI=1S/C47H82O3Si/c1-4-7-9-11-13-15-17-19-21-23-25-27-29-31-41-49-45-37-33-43(34-38-45)47(6-3,51-48)44-35-39-46(40-36-44)50-42-32-30-28-26-24-22-20-18-16-14-12-10-8-5-2/h33-40,48H,4-32,41-42,51H2,1-3H3. The maximum atomic E-state index is 10.8. The fourth-order valence-electron chi connectivity index (χ4n) is 7.58. The first kappa shape index (κ1) is 45.4. The average Bonchev–Trinajstić information content (AvgIpc) is 3.16. The van der Waals surface area contributed by atoms with Gasteiger partial charge in [-0.25, -0.2) is 0 Å². The lowest BCUT2D eigenvalue weighted by atomic mass is 9.87. The van der Waals surface area contributed by atoms with Gasteiger partial charge in [0.1, 0.15) is 11.5 Å². The summed E-state index contributed by atoms with van der Waals surface area (Å²) >= 11 is 0. The van der Waals surface area contributed by atoms with Crippen LogP contribution < -0.4 is 9.47 Å². The molecule has 0 fully saturated rings. The molecule has 4 heteroatoms. The van der Waals surface area contributed by atoms with Crippen LogP contribution >= 0.6 is 0 Å². The average molecular weight is 723 g/mol. The molecule has 0 amide bonds. The van der Waals surface area contributed by atoms with Crippen LogP contribution in [0.1, 0.15) is 218 Å². The van der Waals surface area contributed by atoms with Crippen LogP contribution in [-0.2, 0) is 5.04 Å². The number of unbranched alkanes of at least 4 members (excludes halogenated alkanes) is 26. The monoisotopic (exact) mass is 723 g/mol. The molecule has 0 spiro atoms. The Labute approximate surface area is 319 Å². The summed E-state index contributed by atoms with van der Waals surface area (Å²) in [4.78, 5) is 10.8. The molecular formula is C47H82O3Si. The fourth-order valence-corrected chi connectivity index (χ4v) is 8.64. The van der Waals surface area contributed by atoms with Gasteiger partial charge in [0.25, 0.3) is 0 Å². The highest BCUT2D eigenvalue weighted by molar-refractivity contribution is 6.32. The molecule has 0 atom stereocenters. The highest BCUT2D eigenvalue weighted by Crippen LogP contribution is 2.36. The number of rotatable bonds is 36. The third kappa shape index (κ3) is 20.9. The molecular weight excluding hydrogens is 641 g/mol. The van der Waals surface area contributed by atoms with E-state index in [1.165, 1.54) is 178 Å².